The first kappa shape index (κ1) is 19.7. The molecular weight excluding hydrogens is 402 g/mol. The molecule has 0 unspecified atom stereocenters. The molecule has 1 aromatic carbocycles. The molecule has 0 bridgehead atoms. The fourth-order valence-electron chi connectivity index (χ4n) is 2.40. The predicted molar refractivity (Wildman–Crippen MR) is 108 cm³/mol. The third-order valence-corrected chi connectivity index (χ3v) is 6.85. The molecule has 3 aromatic rings. The highest BCUT2D eigenvalue weighted by atomic mass is 32.2. The van der Waals surface area contributed by atoms with Gasteiger partial charge in [-0.2, -0.15) is 0 Å². The lowest BCUT2D eigenvalue weighted by molar-refractivity contribution is 0.0954. The number of aryl methyl sites for hydroxylation is 1. The highest BCUT2D eigenvalue weighted by molar-refractivity contribution is 7.89. The lowest BCUT2D eigenvalue weighted by Crippen LogP contribution is -2.27. The Bertz CT molecular complexity index is 1010. The van der Waals surface area contributed by atoms with Gasteiger partial charge in [-0.25, -0.2) is 18.1 Å². The van der Waals surface area contributed by atoms with Crippen LogP contribution in [0.2, 0.25) is 0 Å². The van der Waals surface area contributed by atoms with Gasteiger partial charge in [0.15, 0.2) is 0 Å². The number of thiophene rings is 1. The summed E-state index contributed by atoms with van der Waals surface area (Å²) in [6.07, 6.45) is 0.635. The smallest absolute Gasteiger partial charge is 0.251 e. The van der Waals surface area contributed by atoms with E-state index in [1.165, 1.54) is 23.5 Å². The van der Waals surface area contributed by atoms with Crippen molar-refractivity contribution in [3.63, 3.8) is 0 Å². The Kier molecular flexibility index (Phi) is 6.38. The molecule has 0 saturated heterocycles. The van der Waals surface area contributed by atoms with Crippen molar-refractivity contribution in [2.24, 2.45) is 0 Å². The fraction of sp³-hybridized carbons (Fsp3) is 0.222. The van der Waals surface area contributed by atoms with Crippen LogP contribution < -0.4 is 10.0 Å². The number of sulfonamides is 1. The third-order valence-electron chi connectivity index (χ3n) is 3.76. The second-order valence-corrected chi connectivity index (χ2v) is 9.66. The van der Waals surface area contributed by atoms with Crippen LogP contribution in [0.15, 0.2) is 52.1 Å². The third kappa shape index (κ3) is 5.46. The van der Waals surface area contributed by atoms with Gasteiger partial charge in [-0.3, -0.25) is 4.79 Å². The molecule has 0 saturated carbocycles. The Labute approximate surface area is 166 Å². The van der Waals surface area contributed by atoms with E-state index in [4.69, 9.17) is 0 Å². The number of carbonyl (C=O) groups is 1. The zero-order valence-electron chi connectivity index (χ0n) is 14.6. The van der Waals surface area contributed by atoms with Gasteiger partial charge >= 0.3 is 0 Å². The number of hydrogen-bond donors (Lipinski definition) is 2. The van der Waals surface area contributed by atoms with Gasteiger partial charge in [-0.05, 0) is 36.6 Å². The van der Waals surface area contributed by atoms with Crippen molar-refractivity contribution in [1.82, 2.24) is 15.0 Å². The molecule has 0 fully saturated rings. The van der Waals surface area contributed by atoms with Crippen molar-refractivity contribution >= 4 is 38.6 Å². The molecule has 0 aliphatic carbocycles. The molecule has 142 valence electrons. The van der Waals surface area contributed by atoms with Gasteiger partial charge in [0, 0.05) is 35.3 Å². The average molecular weight is 422 g/mol. The van der Waals surface area contributed by atoms with E-state index in [-0.39, 0.29) is 17.3 Å². The number of thiazole rings is 1. The fourth-order valence-corrected chi connectivity index (χ4v) is 4.83. The van der Waals surface area contributed by atoms with E-state index < -0.39 is 10.0 Å². The second-order valence-electron chi connectivity index (χ2n) is 5.80. The van der Waals surface area contributed by atoms with Crippen molar-refractivity contribution in [3.05, 3.63) is 68.3 Å². The van der Waals surface area contributed by atoms with Gasteiger partial charge in [-0.15, -0.1) is 22.7 Å². The SMILES string of the molecule is Cc1nc(CCNC(=O)c2cccc(S(=O)(=O)NCc3cccs3)c2)cs1. The molecule has 3 rings (SSSR count). The molecule has 1 amide bonds. The zero-order chi connectivity index (χ0) is 19.3. The number of aromatic nitrogens is 1. The van der Waals surface area contributed by atoms with E-state index >= 15 is 0 Å². The minimum Gasteiger partial charge on any atom is -0.352 e. The van der Waals surface area contributed by atoms with Crippen LogP contribution in [0.3, 0.4) is 0 Å². The van der Waals surface area contributed by atoms with Crippen LogP contribution in [0.5, 0.6) is 0 Å². The first-order valence-electron chi connectivity index (χ1n) is 8.25. The summed E-state index contributed by atoms with van der Waals surface area (Å²) in [7, 11) is -3.69. The Morgan fingerprint density at radius 3 is 2.74 bits per heavy atom. The Balaban J connectivity index is 1.60. The molecular formula is C18H19N3O3S3. The van der Waals surface area contributed by atoms with E-state index in [0.29, 0.717) is 18.5 Å². The standard InChI is InChI=1S/C18H19N3O3S3/c1-13-21-15(12-26-13)7-8-19-18(22)14-4-2-6-17(10-14)27(23,24)20-11-16-5-3-9-25-16/h2-6,9-10,12,20H,7-8,11H2,1H3,(H,19,22). The van der Waals surface area contributed by atoms with Gasteiger partial charge in [-0.1, -0.05) is 12.1 Å². The van der Waals surface area contributed by atoms with E-state index in [2.05, 4.69) is 15.0 Å². The average Bonchev–Trinajstić information content (AvgIpc) is 3.32. The molecule has 27 heavy (non-hydrogen) atoms. The van der Waals surface area contributed by atoms with E-state index in [1.54, 1.807) is 23.5 Å². The van der Waals surface area contributed by atoms with Gasteiger partial charge in [0.25, 0.3) is 5.91 Å². The highest BCUT2D eigenvalue weighted by Crippen LogP contribution is 2.14. The van der Waals surface area contributed by atoms with E-state index in [0.717, 1.165) is 15.6 Å². The molecule has 0 atom stereocenters. The zero-order valence-corrected chi connectivity index (χ0v) is 17.1. The molecule has 9 heteroatoms. The van der Waals surface area contributed by atoms with Crippen molar-refractivity contribution in [3.8, 4) is 0 Å². The van der Waals surface area contributed by atoms with Crippen LogP contribution >= 0.6 is 22.7 Å². The second kappa shape index (κ2) is 8.75. The number of hydrogen-bond acceptors (Lipinski definition) is 6. The van der Waals surface area contributed by atoms with Crippen LogP contribution in [-0.4, -0.2) is 25.9 Å². The molecule has 2 N–H and O–H groups in total. The number of carbonyl (C=O) groups excluding carboxylic acids is 1. The lowest BCUT2D eigenvalue weighted by Gasteiger charge is -2.08. The van der Waals surface area contributed by atoms with Gasteiger partial charge in [0.1, 0.15) is 0 Å². The van der Waals surface area contributed by atoms with Crippen molar-refractivity contribution < 1.29 is 13.2 Å². The first-order chi connectivity index (χ1) is 12.9. The largest absolute Gasteiger partial charge is 0.352 e. The number of nitrogens with one attached hydrogen (secondary N) is 2. The maximum absolute atomic E-state index is 12.5. The highest BCUT2D eigenvalue weighted by Gasteiger charge is 2.16. The normalized spacial score (nSPS) is 11.4. The molecule has 0 spiro atoms. The van der Waals surface area contributed by atoms with Crippen molar-refractivity contribution in [1.29, 1.82) is 0 Å². The summed E-state index contributed by atoms with van der Waals surface area (Å²) in [5.74, 6) is -0.308. The minimum absolute atomic E-state index is 0.0711. The summed E-state index contributed by atoms with van der Waals surface area (Å²) < 4.78 is 27.5. The van der Waals surface area contributed by atoms with Crippen LogP contribution in [0, 0.1) is 6.92 Å². The first-order valence-corrected chi connectivity index (χ1v) is 11.5. The summed E-state index contributed by atoms with van der Waals surface area (Å²) >= 11 is 3.05. The van der Waals surface area contributed by atoms with Crippen LogP contribution in [-0.2, 0) is 23.0 Å². The Morgan fingerprint density at radius 1 is 1.19 bits per heavy atom. The number of rotatable bonds is 8. The van der Waals surface area contributed by atoms with E-state index in [9.17, 15) is 13.2 Å². The molecule has 0 aliphatic rings. The molecule has 0 aliphatic heterocycles. The quantitative estimate of drug-likeness (QED) is 0.585. The predicted octanol–water partition coefficient (Wildman–Crippen LogP) is 2.96. The van der Waals surface area contributed by atoms with Gasteiger partial charge < -0.3 is 5.32 Å². The number of amides is 1. The molecule has 2 aromatic heterocycles. The summed E-state index contributed by atoms with van der Waals surface area (Å²) in [6, 6.07) is 9.76. The van der Waals surface area contributed by atoms with E-state index in [1.807, 2.05) is 29.8 Å². The lowest BCUT2D eigenvalue weighted by atomic mass is 10.2. The summed E-state index contributed by atoms with van der Waals surface area (Å²) in [5.41, 5.74) is 1.25. The Morgan fingerprint density at radius 2 is 2.04 bits per heavy atom. The molecule has 6 nitrogen and oxygen atoms in total. The maximum atomic E-state index is 12.5. The molecule has 0 radical (unpaired) electrons. The van der Waals surface area contributed by atoms with Crippen molar-refractivity contribution in [2.75, 3.05) is 6.54 Å². The van der Waals surface area contributed by atoms with Crippen molar-refractivity contribution in [2.45, 2.75) is 24.8 Å². The monoisotopic (exact) mass is 421 g/mol. The maximum Gasteiger partial charge on any atom is 0.251 e. The van der Waals surface area contributed by atoms with Crippen LogP contribution in [0.25, 0.3) is 0 Å². The van der Waals surface area contributed by atoms with Crippen LogP contribution in [0.4, 0.5) is 0 Å². The minimum atomic E-state index is -3.69. The topological polar surface area (TPSA) is 88.2 Å². The summed E-state index contributed by atoms with van der Waals surface area (Å²) in [6.45, 7) is 2.60. The molecule has 2 heterocycles. The Hall–Kier alpha value is -2.07. The number of nitrogens with zero attached hydrogens (tertiary/aromatic N) is 1. The van der Waals surface area contributed by atoms with Gasteiger partial charge in [0.05, 0.1) is 15.6 Å². The summed E-state index contributed by atoms with van der Waals surface area (Å²) in [4.78, 5) is 17.7. The van der Waals surface area contributed by atoms with Gasteiger partial charge in [0.2, 0.25) is 10.0 Å². The van der Waals surface area contributed by atoms with Crippen LogP contribution in [0.1, 0.15) is 25.9 Å². The number of benzene rings is 1. The summed E-state index contributed by atoms with van der Waals surface area (Å²) in [5, 5.41) is 7.65.